The largest absolute Gasteiger partial charge is 0.497 e. The molecule has 0 spiro atoms. The number of benzene rings is 1. The third-order valence-corrected chi connectivity index (χ3v) is 4.85. The molecule has 0 aliphatic carbocycles. The Bertz CT molecular complexity index is 738. The Balaban J connectivity index is 0.00000261. The van der Waals surface area contributed by atoms with E-state index in [0.29, 0.717) is 18.4 Å². The number of nitrogens with one attached hydrogen (secondary N) is 1. The third kappa shape index (κ3) is 5.37. The summed E-state index contributed by atoms with van der Waals surface area (Å²) in [5.41, 5.74) is 2.28. The van der Waals surface area contributed by atoms with Crippen molar-refractivity contribution in [1.29, 1.82) is 0 Å². The van der Waals surface area contributed by atoms with Gasteiger partial charge in [0.15, 0.2) is 5.96 Å². The van der Waals surface area contributed by atoms with E-state index in [9.17, 15) is 0 Å². The molecule has 2 aromatic rings. The summed E-state index contributed by atoms with van der Waals surface area (Å²) in [5.74, 6) is 3.87. The topological polar surface area (TPSA) is 62.9 Å². The summed E-state index contributed by atoms with van der Waals surface area (Å²) in [6, 6.07) is 8.39. The second-order valence-electron chi connectivity index (χ2n) is 6.62. The van der Waals surface area contributed by atoms with Crippen LogP contribution in [0.4, 0.5) is 0 Å². The van der Waals surface area contributed by atoms with Gasteiger partial charge in [0.05, 0.1) is 12.8 Å². The summed E-state index contributed by atoms with van der Waals surface area (Å²) in [7, 11) is 1.70. The highest BCUT2D eigenvalue weighted by molar-refractivity contribution is 14.0. The van der Waals surface area contributed by atoms with Gasteiger partial charge in [-0.25, -0.2) is 9.98 Å². The van der Waals surface area contributed by atoms with Crippen molar-refractivity contribution < 1.29 is 9.15 Å². The van der Waals surface area contributed by atoms with Gasteiger partial charge in [-0.05, 0) is 44.9 Å². The van der Waals surface area contributed by atoms with Crippen molar-refractivity contribution in [2.75, 3.05) is 26.7 Å². The molecular formula is C20H29IN4O2. The van der Waals surface area contributed by atoms with E-state index in [0.717, 1.165) is 49.2 Å². The summed E-state index contributed by atoms with van der Waals surface area (Å²) in [5, 5.41) is 3.39. The Morgan fingerprint density at radius 1 is 1.33 bits per heavy atom. The molecule has 1 atom stereocenters. The second-order valence-corrected chi connectivity index (χ2v) is 6.62. The van der Waals surface area contributed by atoms with Gasteiger partial charge in [-0.2, -0.15) is 0 Å². The number of halogens is 1. The number of methoxy groups -OCH3 is 1. The van der Waals surface area contributed by atoms with E-state index in [1.165, 1.54) is 5.56 Å². The van der Waals surface area contributed by atoms with E-state index in [4.69, 9.17) is 14.1 Å². The molecular weight excluding hydrogens is 455 g/mol. The molecule has 7 heteroatoms. The zero-order valence-electron chi connectivity index (χ0n) is 16.5. The minimum atomic E-state index is 0. The minimum absolute atomic E-state index is 0. The molecule has 1 fully saturated rings. The van der Waals surface area contributed by atoms with Gasteiger partial charge in [0.25, 0.3) is 0 Å². The monoisotopic (exact) mass is 484 g/mol. The first-order chi connectivity index (χ1) is 12.6. The fourth-order valence-corrected chi connectivity index (χ4v) is 3.28. The summed E-state index contributed by atoms with van der Waals surface area (Å²) in [6.45, 7) is 9.23. The van der Waals surface area contributed by atoms with E-state index in [1.54, 1.807) is 7.11 Å². The van der Waals surface area contributed by atoms with E-state index in [-0.39, 0.29) is 24.0 Å². The molecule has 1 saturated heterocycles. The smallest absolute Gasteiger partial charge is 0.216 e. The molecule has 148 valence electrons. The molecule has 0 saturated carbocycles. The highest BCUT2D eigenvalue weighted by atomic mass is 127. The molecule has 1 N–H and O–H groups in total. The maximum atomic E-state index is 5.64. The molecule has 3 rings (SSSR count). The van der Waals surface area contributed by atoms with Crippen molar-refractivity contribution in [2.45, 2.75) is 39.7 Å². The summed E-state index contributed by atoms with van der Waals surface area (Å²) >= 11 is 0. The van der Waals surface area contributed by atoms with Crippen LogP contribution in [0.25, 0.3) is 0 Å². The van der Waals surface area contributed by atoms with Crippen LogP contribution in [0.5, 0.6) is 5.75 Å². The number of likely N-dealkylation sites (tertiary alicyclic amines) is 1. The standard InChI is InChI=1S/C20H28N4O2.HI/c1-5-21-20(22-12-19-23-14(2)15(3)26-19)24-11-10-17(13-24)16-6-8-18(25-4)9-7-16;/h6-9,17H,5,10-13H2,1-4H3,(H,21,22);1H. The van der Waals surface area contributed by atoms with Crippen molar-refractivity contribution in [1.82, 2.24) is 15.2 Å². The van der Waals surface area contributed by atoms with Gasteiger partial charge < -0.3 is 19.4 Å². The van der Waals surface area contributed by atoms with Crippen molar-refractivity contribution in [3.8, 4) is 5.75 Å². The molecule has 27 heavy (non-hydrogen) atoms. The lowest BCUT2D eigenvalue weighted by molar-refractivity contribution is 0.414. The van der Waals surface area contributed by atoms with E-state index < -0.39 is 0 Å². The lowest BCUT2D eigenvalue weighted by atomic mass is 9.98. The maximum absolute atomic E-state index is 5.64. The van der Waals surface area contributed by atoms with Gasteiger partial charge in [-0.1, -0.05) is 12.1 Å². The van der Waals surface area contributed by atoms with Gasteiger partial charge in [0.2, 0.25) is 5.89 Å². The molecule has 1 unspecified atom stereocenters. The predicted molar refractivity (Wildman–Crippen MR) is 118 cm³/mol. The molecule has 6 nitrogen and oxygen atoms in total. The number of nitrogens with zero attached hydrogens (tertiary/aromatic N) is 3. The van der Waals surface area contributed by atoms with Gasteiger partial charge in [0.1, 0.15) is 18.1 Å². The lowest BCUT2D eigenvalue weighted by Crippen LogP contribution is -2.40. The van der Waals surface area contributed by atoms with E-state index in [1.807, 2.05) is 26.0 Å². The highest BCUT2D eigenvalue weighted by Crippen LogP contribution is 2.28. The van der Waals surface area contributed by atoms with Gasteiger partial charge in [0, 0.05) is 25.6 Å². The number of aromatic nitrogens is 1. The first-order valence-corrected chi connectivity index (χ1v) is 9.20. The van der Waals surface area contributed by atoms with Crippen LogP contribution in [0.3, 0.4) is 0 Å². The lowest BCUT2D eigenvalue weighted by Gasteiger charge is -2.21. The van der Waals surface area contributed by atoms with Gasteiger partial charge in [-0.15, -0.1) is 24.0 Å². The van der Waals surface area contributed by atoms with Crippen molar-refractivity contribution in [3.05, 3.63) is 47.2 Å². The SMILES string of the molecule is CCNC(=NCc1nc(C)c(C)o1)N1CCC(c2ccc(OC)cc2)C1.I. The fourth-order valence-electron chi connectivity index (χ4n) is 3.28. The Morgan fingerprint density at radius 3 is 2.67 bits per heavy atom. The average Bonchev–Trinajstić information content (AvgIpc) is 3.26. The van der Waals surface area contributed by atoms with Crippen LogP contribution in [0.2, 0.25) is 0 Å². The number of rotatable bonds is 5. The Kier molecular flexibility index (Phi) is 7.94. The molecule has 1 aliphatic heterocycles. The average molecular weight is 484 g/mol. The van der Waals surface area contributed by atoms with Crippen LogP contribution in [0.15, 0.2) is 33.7 Å². The normalized spacial score (nSPS) is 17.0. The molecule has 0 amide bonds. The summed E-state index contributed by atoms with van der Waals surface area (Å²) in [6.07, 6.45) is 1.12. The Labute approximate surface area is 178 Å². The van der Waals surface area contributed by atoms with Crippen molar-refractivity contribution >= 4 is 29.9 Å². The zero-order chi connectivity index (χ0) is 18.5. The van der Waals surface area contributed by atoms with Gasteiger partial charge >= 0.3 is 0 Å². The summed E-state index contributed by atoms with van der Waals surface area (Å²) < 4.78 is 10.9. The number of hydrogen-bond acceptors (Lipinski definition) is 4. The number of oxazole rings is 1. The molecule has 2 heterocycles. The fraction of sp³-hybridized carbons (Fsp3) is 0.500. The van der Waals surface area contributed by atoms with Crippen LogP contribution in [0, 0.1) is 13.8 Å². The number of hydrogen-bond donors (Lipinski definition) is 1. The first-order valence-electron chi connectivity index (χ1n) is 9.20. The predicted octanol–water partition coefficient (Wildman–Crippen LogP) is 3.87. The zero-order valence-corrected chi connectivity index (χ0v) is 18.8. The van der Waals surface area contributed by atoms with Crippen LogP contribution in [0.1, 0.15) is 42.2 Å². The number of ether oxygens (including phenoxy) is 1. The number of guanidine groups is 1. The van der Waals surface area contributed by atoms with Crippen LogP contribution in [-0.2, 0) is 6.54 Å². The quantitative estimate of drug-likeness (QED) is 0.397. The minimum Gasteiger partial charge on any atom is -0.497 e. The first kappa shape index (κ1) is 21.5. The third-order valence-electron chi connectivity index (χ3n) is 4.85. The Morgan fingerprint density at radius 2 is 2.07 bits per heavy atom. The molecule has 1 aromatic carbocycles. The van der Waals surface area contributed by atoms with Crippen molar-refractivity contribution in [2.24, 2.45) is 4.99 Å². The summed E-state index contributed by atoms with van der Waals surface area (Å²) in [4.78, 5) is 11.5. The molecule has 1 aromatic heterocycles. The highest BCUT2D eigenvalue weighted by Gasteiger charge is 2.26. The van der Waals surface area contributed by atoms with E-state index >= 15 is 0 Å². The maximum Gasteiger partial charge on any atom is 0.216 e. The Hall–Kier alpha value is -1.77. The van der Waals surface area contributed by atoms with Crippen LogP contribution in [-0.4, -0.2) is 42.6 Å². The molecule has 0 bridgehead atoms. The van der Waals surface area contributed by atoms with E-state index in [2.05, 4.69) is 34.3 Å². The van der Waals surface area contributed by atoms with Crippen LogP contribution >= 0.6 is 24.0 Å². The van der Waals surface area contributed by atoms with Gasteiger partial charge in [-0.3, -0.25) is 0 Å². The molecule has 0 radical (unpaired) electrons. The number of aliphatic imine (C=N–C) groups is 1. The second kappa shape index (κ2) is 9.96. The van der Waals surface area contributed by atoms with Crippen molar-refractivity contribution in [3.63, 3.8) is 0 Å². The number of aryl methyl sites for hydroxylation is 2. The van der Waals surface area contributed by atoms with Crippen LogP contribution < -0.4 is 10.1 Å². The molecule has 1 aliphatic rings.